The van der Waals surface area contributed by atoms with Gasteiger partial charge in [-0.05, 0) is 43.7 Å². The Morgan fingerprint density at radius 3 is 2.72 bits per heavy atom. The highest BCUT2D eigenvalue weighted by atomic mass is 15.2. The predicted octanol–water partition coefficient (Wildman–Crippen LogP) is 2.96. The van der Waals surface area contributed by atoms with Gasteiger partial charge in [-0.15, -0.1) is 0 Å². The number of fused-ring (bicyclic) bond motifs is 1. The molecule has 2 nitrogen and oxygen atoms in total. The van der Waals surface area contributed by atoms with Crippen molar-refractivity contribution in [2.75, 3.05) is 11.4 Å². The van der Waals surface area contributed by atoms with E-state index in [9.17, 15) is 0 Å². The van der Waals surface area contributed by atoms with Crippen molar-refractivity contribution in [3.63, 3.8) is 0 Å². The molecule has 18 heavy (non-hydrogen) atoms. The molecule has 2 heteroatoms. The van der Waals surface area contributed by atoms with Gasteiger partial charge in [0.2, 0.25) is 0 Å². The molecule has 1 heterocycles. The lowest BCUT2D eigenvalue weighted by Crippen LogP contribution is -2.47. The molecule has 98 valence electrons. The van der Waals surface area contributed by atoms with Crippen molar-refractivity contribution in [2.45, 2.75) is 51.1 Å². The van der Waals surface area contributed by atoms with Gasteiger partial charge in [0.1, 0.15) is 0 Å². The maximum Gasteiger partial charge on any atom is 0.0443 e. The van der Waals surface area contributed by atoms with Gasteiger partial charge in [0.05, 0.1) is 0 Å². The standard InChI is InChI=1S/C16H24N2/c1-12-10-14-8-4-5-9-15(14)18(12)16(11-17)13-6-2-3-7-13/h4-5,8-9,12-13,16H,2-3,6-7,10-11,17H2,1H3. The molecule has 1 aromatic carbocycles. The molecule has 1 aliphatic heterocycles. The largest absolute Gasteiger partial charge is 0.364 e. The molecular formula is C16H24N2. The summed E-state index contributed by atoms with van der Waals surface area (Å²) in [6, 6.07) is 10.0. The highest BCUT2D eigenvalue weighted by Gasteiger charge is 2.35. The fourth-order valence-corrected chi connectivity index (χ4v) is 3.97. The molecule has 2 atom stereocenters. The fraction of sp³-hybridized carbons (Fsp3) is 0.625. The molecule has 0 bridgehead atoms. The van der Waals surface area contributed by atoms with E-state index >= 15 is 0 Å². The van der Waals surface area contributed by atoms with Crippen LogP contribution in [0.4, 0.5) is 5.69 Å². The second-order valence-corrected chi connectivity index (χ2v) is 5.94. The molecule has 1 saturated carbocycles. The molecule has 0 saturated heterocycles. The SMILES string of the molecule is CC1Cc2ccccc2N1C(CN)C1CCCC1. The highest BCUT2D eigenvalue weighted by molar-refractivity contribution is 5.60. The minimum atomic E-state index is 0.547. The van der Waals surface area contributed by atoms with E-state index in [1.807, 2.05) is 0 Å². The van der Waals surface area contributed by atoms with E-state index in [-0.39, 0.29) is 0 Å². The van der Waals surface area contributed by atoms with Crippen LogP contribution in [-0.4, -0.2) is 18.6 Å². The summed E-state index contributed by atoms with van der Waals surface area (Å²) < 4.78 is 0. The summed E-state index contributed by atoms with van der Waals surface area (Å²) in [5, 5.41) is 0. The van der Waals surface area contributed by atoms with Crippen molar-refractivity contribution in [3.05, 3.63) is 29.8 Å². The Morgan fingerprint density at radius 2 is 2.00 bits per heavy atom. The molecule has 0 aromatic heterocycles. The third-order valence-corrected chi connectivity index (χ3v) is 4.80. The second-order valence-electron chi connectivity index (χ2n) is 5.94. The van der Waals surface area contributed by atoms with Crippen LogP contribution in [0.15, 0.2) is 24.3 Å². The number of benzene rings is 1. The lowest BCUT2D eigenvalue weighted by Gasteiger charge is -2.37. The van der Waals surface area contributed by atoms with Crippen LogP contribution in [0.3, 0.4) is 0 Å². The Hall–Kier alpha value is -1.02. The lowest BCUT2D eigenvalue weighted by atomic mass is 9.95. The van der Waals surface area contributed by atoms with Crippen molar-refractivity contribution in [2.24, 2.45) is 11.7 Å². The number of para-hydroxylation sites is 1. The van der Waals surface area contributed by atoms with Gasteiger partial charge >= 0.3 is 0 Å². The van der Waals surface area contributed by atoms with Crippen LogP contribution in [-0.2, 0) is 6.42 Å². The first kappa shape index (κ1) is 12.0. The van der Waals surface area contributed by atoms with Gasteiger partial charge in [0.15, 0.2) is 0 Å². The van der Waals surface area contributed by atoms with E-state index in [0.717, 1.165) is 12.5 Å². The first-order valence-corrected chi connectivity index (χ1v) is 7.37. The Bertz CT molecular complexity index is 409. The van der Waals surface area contributed by atoms with Crippen molar-refractivity contribution in [1.82, 2.24) is 0 Å². The van der Waals surface area contributed by atoms with Crippen molar-refractivity contribution >= 4 is 5.69 Å². The van der Waals surface area contributed by atoms with E-state index in [1.165, 1.54) is 43.4 Å². The van der Waals surface area contributed by atoms with Crippen LogP contribution >= 0.6 is 0 Å². The fourth-order valence-electron chi connectivity index (χ4n) is 3.97. The Balaban J connectivity index is 1.89. The number of hydrogen-bond acceptors (Lipinski definition) is 2. The lowest BCUT2D eigenvalue weighted by molar-refractivity contribution is 0.393. The molecular weight excluding hydrogens is 220 g/mol. The Kier molecular flexibility index (Phi) is 3.29. The molecule has 2 unspecified atom stereocenters. The van der Waals surface area contributed by atoms with E-state index in [0.29, 0.717) is 12.1 Å². The third-order valence-electron chi connectivity index (χ3n) is 4.80. The summed E-state index contributed by atoms with van der Waals surface area (Å²) in [6.45, 7) is 3.14. The molecule has 1 fully saturated rings. The van der Waals surface area contributed by atoms with Crippen molar-refractivity contribution < 1.29 is 0 Å². The normalized spacial score (nSPS) is 25.4. The Morgan fingerprint density at radius 1 is 1.28 bits per heavy atom. The molecule has 1 aliphatic carbocycles. The molecule has 1 aromatic rings. The summed E-state index contributed by atoms with van der Waals surface area (Å²) in [6.07, 6.45) is 6.70. The zero-order valence-electron chi connectivity index (χ0n) is 11.3. The topological polar surface area (TPSA) is 29.3 Å². The number of hydrogen-bond donors (Lipinski definition) is 1. The minimum Gasteiger partial charge on any atom is -0.364 e. The van der Waals surface area contributed by atoms with Gasteiger partial charge in [-0.25, -0.2) is 0 Å². The van der Waals surface area contributed by atoms with Gasteiger partial charge in [-0.1, -0.05) is 31.0 Å². The van der Waals surface area contributed by atoms with E-state index in [4.69, 9.17) is 5.73 Å². The van der Waals surface area contributed by atoms with Crippen LogP contribution < -0.4 is 10.6 Å². The highest BCUT2D eigenvalue weighted by Crippen LogP contribution is 2.38. The van der Waals surface area contributed by atoms with Crippen LogP contribution in [0.1, 0.15) is 38.2 Å². The molecule has 0 spiro atoms. The summed E-state index contributed by atoms with van der Waals surface area (Å²) in [4.78, 5) is 2.62. The van der Waals surface area contributed by atoms with Gasteiger partial charge in [-0.3, -0.25) is 0 Å². The second kappa shape index (κ2) is 4.93. The summed E-state index contributed by atoms with van der Waals surface area (Å²) in [7, 11) is 0. The molecule has 0 radical (unpaired) electrons. The Labute approximate surface area is 110 Å². The number of rotatable bonds is 3. The van der Waals surface area contributed by atoms with Crippen LogP contribution in [0.2, 0.25) is 0 Å². The summed E-state index contributed by atoms with van der Waals surface area (Å²) in [5.74, 6) is 0.809. The summed E-state index contributed by atoms with van der Waals surface area (Å²) >= 11 is 0. The molecule has 2 aliphatic rings. The maximum atomic E-state index is 6.11. The predicted molar refractivity (Wildman–Crippen MR) is 76.9 cm³/mol. The van der Waals surface area contributed by atoms with Gasteiger partial charge in [0.25, 0.3) is 0 Å². The van der Waals surface area contributed by atoms with Crippen LogP contribution in [0.5, 0.6) is 0 Å². The third kappa shape index (κ3) is 1.93. The van der Waals surface area contributed by atoms with Crippen LogP contribution in [0.25, 0.3) is 0 Å². The average molecular weight is 244 g/mol. The van der Waals surface area contributed by atoms with Gasteiger partial charge in [0, 0.05) is 24.3 Å². The molecule has 2 N–H and O–H groups in total. The number of anilines is 1. The van der Waals surface area contributed by atoms with Crippen LogP contribution in [0, 0.1) is 5.92 Å². The summed E-state index contributed by atoms with van der Waals surface area (Å²) in [5.41, 5.74) is 9.05. The van der Waals surface area contributed by atoms with Gasteiger partial charge in [-0.2, -0.15) is 0 Å². The van der Waals surface area contributed by atoms with Crippen molar-refractivity contribution in [1.29, 1.82) is 0 Å². The van der Waals surface area contributed by atoms with Gasteiger partial charge < -0.3 is 10.6 Å². The molecule has 3 rings (SSSR count). The smallest absolute Gasteiger partial charge is 0.0443 e. The number of nitrogens with zero attached hydrogens (tertiary/aromatic N) is 1. The average Bonchev–Trinajstić information content (AvgIpc) is 2.99. The zero-order valence-corrected chi connectivity index (χ0v) is 11.3. The van der Waals surface area contributed by atoms with E-state index in [2.05, 4.69) is 36.1 Å². The quantitative estimate of drug-likeness (QED) is 0.885. The monoisotopic (exact) mass is 244 g/mol. The van der Waals surface area contributed by atoms with Crippen molar-refractivity contribution in [3.8, 4) is 0 Å². The first-order chi connectivity index (χ1) is 8.81. The van der Waals surface area contributed by atoms with E-state index in [1.54, 1.807) is 0 Å². The molecule has 0 amide bonds. The number of nitrogens with two attached hydrogens (primary N) is 1. The minimum absolute atomic E-state index is 0.547. The zero-order chi connectivity index (χ0) is 12.5. The maximum absolute atomic E-state index is 6.11. The van der Waals surface area contributed by atoms with E-state index < -0.39 is 0 Å². The first-order valence-electron chi connectivity index (χ1n) is 7.37.